The van der Waals surface area contributed by atoms with E-state index < -0.39 is 6.10 Å². The Morgan fingerprint density at radius 1 is 0.962 bits per heavy atom. The lowest BCUT2D eigenvalue weighted by Gasteiger charge is -2.27. The van der Waals surface area contributed by atoms with E-state index >= 15 is 0 Å². The van der Waals surface area contributed by atoms with Crippen LogP contribution in [0.3, 0.4) is 0 Å². The van der Waals surface area contributed by atoms with Gasteiger partial charge in [-0.3, -0.25) is 0 Å². The molecular formula is C19H26ClNO5. The number of hydrogen-bond acceptors (Lipinski definition) is 6. The topological polar surface area (TPSA) is 71.4 Å². The minimum Gasteiger partial charge on any atom is -0.493 e. The molecule has 26 heavy (non-hydrogen) atoms. The zero-order valence-corrected chi connectivity index (χ0v) is 15.8. The number of nitrogens with zero attached hydrogens (tertiary/aromatic N) is 1. The summed E-state index contributed by atoms with van der Waals surface area (Å²) in [5, 5.41) is 19.6. The van der Waals surface area contributed by atoms with Gasteiger partial charge < -0.3 is 29.3 Å². The number of aliphatic hydroxyl groups is 2. The second-order valence-electron chi connectivity index (χ2n) is 5.46. The summed E-state index contributed by atoms with van der Waals surface area (Å²) in [7, 11) is 3.10. The van der Waals surface area contributed by atoms with Crippen LogP contribution in [-0.2, 0) is 0 Å². The first-order chi connectivity index (χ1) is 12.2. The monoisotopic (exact) mass is 383 g/mol. The number of ether oxygens (including phenoxy) is 3. The van der Waals surface area contributed by atoms with Crippen molar-refractivity contribution in [3.63, 3.8) is 0 Å². The number of hydrogen-bond donors (Lipinski definition) is 2. The summed E-state index contributed by atoms with van der Waals surface area (Å²) in [6.07, 6.45) is -0.749. The molecule has 0 saturated carbocycles. The van der Waals surface area contributed by atoms with Crippen LogP contribution < -0.4 is 19.1 Å². The fourth-order valence-electron chi connectivity index (χ4n) is 2.53. The Labute approximate surface area is 160 Å². The van der Waals surface area contributed by atoms with Crippen molar-refractivity contribution in [2.75, 3.05) is 45.4 Å². The van der Waals surface area contributed by atoms with Gasteiger partial charge in [0.2, 0.25) is 5.75 Å². The van der Waals surface area contributed by atoms with Crippen molar-refractivity contribution >= 4 is 18.1 Å². The van der Waals surface area contributed by atoms with E-state index in [1.54, 1.807) is 32.4 Å². The maximum atomic E-state index is 10.4. The molecule has 2 aromatic carbocycles. The number of rotatable bonds is 10. The number of halogens is 1. The van der Waals surface area contributed by atoms with Gasteiger partial charge in [-0.1, -0.05) is 24.3 Å². The van der Waals surface area contributed by atoms with E-state index in [1.807, 2.05) is 35.2 Å². The molecule has 0 bridgehead atoms. The fourth-order valence-corrected chi connectivity index (χ4v) is 2.53. The predicted molar refractivity (Wildman–Crippen MR) is 104 cm³/mol. The molecule has 0 aliphatic carbocycles. The maximum Gasteiger partial charge on any atom is 0.203 e. The van der Waals surface area contributed by atoms with E-state index in [4.69, 9.17) is 14.2 Å². The zero-order chi connectivity index (χ0) is 18.1. The molecule has 6 nitrogen and oxygen atoms in total. The van der Waals surface area contributed by atoms with Crippen LogP contribution in [0.4, 0.5) is 5.69 Å². The van der Waals surface area contributed by atoms with E-state index in [0.717, 1.165) is 5.69 Å². The smallest absolute Gasteiger partial charge is 0.203 e. The van der Waals surface area contributed by atoms with E-state index in [2.05, 4.69) is 0 Å². The molecule has 0 radical (unpaired) electrons. The first-order valence-corrected chi connectivity index (χ1v) is 8.12. The molecule has 1 atom stereocenters. The second kappa shape index (κ2) is 11.5. The second-order valence-corrected chi connectivity index (χ2v) is 5.46. The predicted octanol–water partition coefficient (Wildman–Crippen LogP) is 2.36. The van der Waals surface area contributed by atoms with Crippen molar-refractivity contribution in [2.45, 2.75) is 6.10 Å². The van der Waals surface area contributed by atoms with E-state index in [9.17, 15) is 10.2 Å². The molecule has 0 aliphatic rings. The molecule has 2 aromatic rings. The van der Waals surface area contributed by atoms with Gasteiger partial charge in [0, 0.05) is 18.8 Å². The Balaban J connectivity index is 0.00000338. The molecule has 0 aromatic heterocycles. The molecule has 144 valence electrons. The van der Waals surface area contributed by atoms with Gasteiger partial charge in [-0.2, -0.15) is 0 Å². The SMILES string of the molecule is COc1cccc(OC)c1OCC(O)CN(CCO)c1ccccc1.Cl. The molecule has 2 N–H and O–H groups in total. The summed E-state index contributed by atoms with van der Waals surface area (Å²) in [5.41, 5.74) is 0.936. The highest BCUT2D eigenvalue weighted by Crippen LogP contribution is 2.36. The van der Waals surface area contributed by atoms with E-state index in [-0.39, 0.29) is 25.6 Å². The molecule has 0 spiro atoms. The van der Waals surface area contributed by atoms with Gasteiger partial charge in [-0.05, 0) is 24.3 Å². The Morgan fingerprint density at radius 3 is 2.12 bits per heavy atom. The minimum atomic E-state index is -0.749. The first kappa shape index (κ1) is 21.9. The van der Waals surface area contributed by atoms with Crippen LogP contribution in [-0.4, -0.2) is 56.8 Å². The van der Waals surface area contributed by atoms with Crippen molar-refractivity contribution < 1.29 is 24.4 Å². The Hall–Kier alpha value is -2.15. The summed E-state index contributed by atoms with van der Waals surface area (Å²) in [5.74, 6) is 1.55. The van der Waals surface area contributed by atoms with Crippen LogP contribution in [0.25, 0.3) is 0 Å². The van der Waals surface area contributed by atoms with Crippen molar-refractivity contribution in [2.24, 2.45) is 0 Å². The lowest BCUT2D eigenvalue weighted by atomic mass is 10.2. The van der Waals surface area contributed by atoms with Gasteiger partial charge in [-0.25, -0.2) is 0 Å². The summed E-state index contributed by atoms with van der Waals surface area (Å²) < 4.78 is 16.3. The van der Waals surface area contributed by atoms with Gasteiger partial charge in [0.15, 0.2) is 11.5 Å². The third kappa shape index (κ3) is 5.98. The number of benzene rings is 2. The van der Waals surface area contributed by atoms with E-state index in [0.29, 0.717) is 30.3 Å². The van der Waals surface area contributed by atoms with Crippen LogP contribution in [0, 0.1) is 0 Å². The molecule has 0 fully saturated rings. The van der Waals surface area contributed by atoms with Crippen molar-refractivity contribution in [1.29, 1.82) is 0 Å². The van der Waals surface area contributed by atoms with Crippen LogP contribution in [0.15, 0.2) is 48.5 Å². The van der Waals surface area contributed by atoms with E-state index in [1.165, 1.54) is 0 Å². The van der Waals surface area contributed by atoms with Crippen molar-refractivity contribution in [3.05, 3.63) is 48.5 Å². The van der Waals surface area contributed by atoms with Crippen LogP contribution in [0.5, 0.6) is 17.2 Å². The number of para-hydroxylation sites is 2. The molecule has 0 heterocycles. The summed E-state index contributed by atoms with van der Waals surface area (Å²) in [6, 6.07) is 15.0. The molecule has 0 aliphatic heterocycles. The normalized spacial score (nSPS) is 11.2. The highest BCUT2D eigenvalue weighted by Gasteiger charge is 2.16. The van der Waals surface area contributed by atoms with Crippen LogP contribution >= 0.6 is 12.4 Å². The molecule has 2 rings (SSSR count). The fraction of sp³-hybridized carbons (Fsp3) is 0.368. The minimum absolute atomic E-state index is 0. The number of aliphatic hydroxyl groups excluding tert-OH is 2. The molecule has 0 amide bonds. The molecular weight excluding hydrogens is 358 g/mol. The largest absolute Gasteiger partial charge is 0.493 e. The Kier molecular flexibility index (Phi) is 9.65. The molecule has 0 saturated heterocycles. The lowest BCUT2D eigenvalue weighted by Crippen LogP contribution is -2.37. The van der Waals surface area contributed by atoms with Crippen molar-refractivity contribution in [3.8, 4) is 17.2 Å². The van der Waals surface area contributed by atoms with Crippen molar-refractivity contribution in [1.82, 2.24) is 0 Å². The average Bonchev–Trinajstić information content (AvgIpc) is 2.66. The molecule has 7 heteroatoms. The first-order valence-electron chi connectivity index (χ1n) is 8.12. The van der Waals surface area contributed by atoms with Gasteiger partial charge in [0.1, 0.15) is 12.7 Å². The third-order valence-corrected chi connectivity index (χ3v) is 3.73. The maximum absolute atomic E-state index is 10.4. The molecule has 1 unspecified atom stereocenters. The summed E-state index contributed by atoms with van der Waals surface area (Å²) in [4.78, 5) is 1.91. The standard InChI is InChI=1S/C19H25NO5.ClH/c1-23-17-9-6-10-18(24-2)19(17)25-14-16(22)13-20(11-12-21)15-7-4-3-5-8-15;/h3-10,16,21-22H,11-14H2,1-2H3;1H. The average molecular weight is 384 g/mol. The highest BCUT2D eigenvalue weighted by atomic mass is 35.5. The Morgan fingerprint density at radius 2 is 1.58 bits per heavy atom. The highest BCUT2D eigenvalue weighted by molar-refractivity contribution is 5.85. The van der Waals surface area contributed by atoms with Crippen LogP contribution in [0.2, 0.25) is 0 Å². The number of methoxy groups -OCH3 is 2. The number of anilines is 1. The zero-order valence-electron chi connectivity index (χ0n) is 15.0. The van der Waals surface area contributed by atoms with Crippen LogP contribution in [0.1, 0.15) is 0 Å². The van der Waals surface area contributed by atoms with Gasteiger partial charge in [0.25, 0.3) is 0 Å². The van der Waals surface area contributed by atoms with Gasteiger partial charge in [0.05, 0.1) is 20.8 Å². The Bertz CT molecular complexity index is 619. The third-order valence-electron chi connectivity index (χ3n) is 3.73. The summed E-state index contributed by atoms with van der Waals surface area (Å²) >= 11 is 0. The van der Waals surface area contributed by atoms with Gasteiger partial charge in [-0.15, -0.1) is 12.4 Å². The lowest BCUT2D eigenvalue weighted by molar-refractivity contribution is 0.107. The summed E-state index contributed by atoms with van der Waals surface area (Å²) in [6.45, 7) is 0.843. The van der Waals surface area contributed by atoms with Gasteiger partial charge >= 0.3 is 0 Å². The quantitative estimate of drug-likeness (QED) is 0.656.